The van der Waals surface area contributed by atoms with Crippen molar-refractivity contribution in [1.82, 2.24) is 0 Å². The van der Waals surface area contributed by atoms with Crippen LogP contribution in [-0.4, -0.2) is 18.8 Å². The molecule has 0 unspecified atom stereocenters. The molecule has 1 nitrogen and oxygen atoms in total. The molecule has 0 heterocycles. The van der Waals surface area contributed by atoms with Gasteiger partial charge in [-0.05, 0) is 0 Å². The topological polar surface area (TPSA) is 17.1 Å². The first-order chi connectivity index (χ1) is 12.8. The fraction of sp³-hybridized carbons (Fsp3) is 1.00. The van der Waals surface area contributed by atoms with E-state index in [1.54, 1.807) is 0 Å². The predicted molar refractivity (Wildman–Crippen MR) is 117 cm³/mol. The Morgan fingerprint density at radius 1 is 0.577 bits per heavy atom. The van der Waals surface area contributed by atoms with E-state index in [0.29, 0.717) is 7.73 Å². The van der Waals surface area contributed by atoms with Crippen LogP contribution in [0.4, 0.5) is 0 Å². The minimum absolute atomic E-state index is 0.698. The Bertz CT molecular complexity index is 358. The quantitative estimate of drug-likeness (QED) is 0.193. The van der Waals surface area contributed by atoms with E-state index >= 15 is 0 Å². The molecule has 2 fully saturated rings. The van der Waals surface area contributed by atoms with Gasteiger partial charge in [-0.15, -0.1) is 0 Å². The van der Waals surface area contributed by atoms with Gasteiger partial charge in [0, 0.05) is 0 Å². The average Bonchev–Trinajstić information content (AvgIpc) is 2.70. The molecule has 0 aromatic carbocycles. The van der Waals surface area contributed by atoms with E-state index in [9.17, 15) is 3.02 Å². The van der Waals surface area contributed by atoms with Crippen LogP contribution >= 0.6 is 0 Å². The van der Waals surface area contributed by atoms with Crippen LogP contribution in [0, 0.1) is 0 Å². The van der Waals surface area contributed by atoms with Crippen LogP contribution < -0.4 is 0 Å². The molecule has 0 aliphatic heterocycles. The van der Waals surface area contributed by atoms with Crippen molar-refractivity contribution in [3.63, 3.8) is 0 Å². The normalized spacial score (nSPS) is 20.5. The van der Waals surface area contributed by atoms with Crippen molar-refractivity contribution in [2.45, 2.75) is 147 Å². The van der Waals surface area contributed by atoms with E-state index in [1.807, 2.05) is 0 Å². The third-order valence-electron chi connectivity index (χ3n) is 7.25. The Hall–Kier alpha value is 0.618. The summed E-state index contributed by atoms with van der Waals surface area (Å²) < 4.78 is 16.8. The summed E-state index contributed by atoms with van der Waals surface area (Å²) in [4.78, 5) is 0. The first kappa shape index (κ1) is 22.9. The van der Waals surface area contributed by atoms with Gasteiger partial charge in [-0.1, -0.05) is 0 Å². The van der Waals surface area contributed by atoms with Crippen molar-refractivity contribution in [1.29, 1.82) is 0 Å². The zero-order chi connectivity index (χ0) is 18.5. The zero-order valence-electron chi connectivity index (χ0n) is 17.9. The van der Waals surface area contributed by atoms with Crippen molar-refractivity contribution >= 4 is 18.8 Å². The molecule has 0 atom stereocenters. The second-order valence-electron chi connectivity index (χ2n) is 9.34. The van der Waals surface area contributed by atoms with E-state index in [2.05, 4.69) is 6.92 Å². The van der Waals surface area contributed by atoms with Gasteiger partial charge < -0.3 is 0 Å². The Labute approximate surface area is 168 Å². The zero-order valence-corrected chi connectivity index (χ0v) is 20.4. The third kappa shape index (κ3) is 7.93. The monoisotopic (exact) mass is 472 g/mol. The summed E-state index contributed by atoms with van der Waals surface area (Å²) in [6.45, 7) is 2.29. The number of hydrogen-bond acceptors (Lipinski definition) is 1. The summed E-state index contributed by atoms with van der Waals surface area (Å²) >= 11 is -3.04. The second kappa shape index (κ2) is 13.7. The molecule has 0 bridgehead atoms. The summed E-state index contributed by atoms with van der Waals surface area (Å²) in [6.07, 6.45) is 27.5. The Balaban J connectivity index is 1.67. The number of hydrogen-bond donors (Lipinski definition) is 0. The van der Waals surface area contributed by atoms with Gasteiger partial charge in [-0.2, -0.15) is 0 Å². The first-order valence-corrected chi connectivity index (χ1v) is 18.2. The molecule has 2 saturated carbocycles. The van der Waals surface area contributed by atoms with Crippen molar-refractivity contribution in [2.24, 2.45) is 0 Å². The summed E-state index contributed by atoms with van der Waals surface area (Å²) in [5, 5.41) is 0. The molecule has 2 aliphatic rings. The average molecular weight is 473 g/mol. The molecule has 0 aromatic heterocycles. The molecule has 2 rings (SSSR count). The van der Waals surface area contributed by atoms with Crippen molar-refractivity contribution in [3.8, 4) is 0 Å². The van der Waals surface area contributed by atoms with E-state index in [1.165, 1.54) is 133 Å². The van der Waals surface area contributed by atoms with Gasteiger partial charge in [0.1, 0.15) is 0 Å². The molecule has 0 spiro atoms. The van der Waals surface area contributed by atoms with Gasteiger partial charge in [-0.25, -0.2) is 0 Å². The molecule has 0 amide bonds. The van der Waals surface area contributed by atoms with Gasteiger partial charge in [0.05, 0.1) is 0 Å². The maximum absolute atomic E-state index is 14.2. The minimum atomic E-state index is -3.04. The van der Waals surface area contributed by atoms with Gasteiger partial charge in [0.2, 0.25) is 0 Å². The third-order valence-corrected chi connectivity index (χ3v) is 20.1. The second-order valence-corrected chi connectivity index (χ2v) is 19.7. The van der Waals surface area contributed by atoms with Gasteiger partial charge in [-0.3, -0.25) is 0 Å². The van der Waals surface area contributed by atoms with Crippen LogP contribution in [-0.2, 0) is 3.02 Å². The van der Waals surface area contributed by atoms with Crippen LogP contribution in [0.15, 0.2) is 0 Å². The van der Waals surface area contributed by atoms with E-state index in [0.717, 1.165) is 0 Å². The van der Waals surface area contributed by atoms with Crippen LogP contribution in [0.1, 0.15) is 135 Å². The van der Waals surface area contributed by atoms with Gasteiger partial charge in [0.25, 0.3) is 0 Å². The molecule has 2 heteroatoms. The molecule has 154 valence electrons. The van der Waals surface area contributed by atoms with Crippen LogP contribution in [0.5, 0.6) is 0 Å². The Morgan fingerprint density at radius 2 is 0.962 bits per heavy atom. The first-order valence-electron chi connectivity index (χ1n) is 12.4. The van der Waals surface area contributed by atoms with Gasteiger partial charge >= 0.3 is 169 Å². The molecule has 26 heavy (non-hydrogen) atoms. The SMILES string of the molecule is CCCCCCCCCCC[CH2][Sb](=[O])([CH]1CCCCC1)[CH]1CCCCC1. The van der Waals surface area contributed by atoms with E-state index in [-0.39, 0.29) is 0 Å². The maximum atomic E-state index is 14.2. The van der Waals surface area contributed by atoms with E-state index in [4.69, 9.17) is 0 Å². The fourth-order valence-electron chi connectivity index (χ4n) is 5.55. The Kier molecular flexibility index (Phi) is 12.1. The predicted octanol–water partition coefficient (Wildman–Crippen LogP) is 8.95. The molecule has 0 aromatic rings. The van der Waals surface area contributed by atoms with Gasteiger partial charge in [0.15, 0.2) is 0 Å². The van der Waals surface area contributed by atoms with Crippen molar-refractivity contribution in [2.75, 3.05) is 0 Å². The molecule has 2 aliphatic carbocycles. The fourth-order valence-corrected chi connectivity index (χ4v) is 18.5. The standard InChI is InChI=1S/C12H25.2C6H11.O.Sb/c1-3-5-7-9-11-12-10-8-6-4-2;2*1-2-4-6-5-3-1;;/h1,3-12H2,2H3;2*1H,2-6H2;;. The van der Waals surface area contributed by atoms with Crippen molar-refractivity contribution < 1.29 is 3.02 Å². The molecular formula is C24H47OSb. The summed E-state index contributed by atoms with van der Waals surface area (Å²) in [6, 6.07) is 0. The molecule has 0 N–H and O–H groups in total. The number of unbranched alkanes of at least 4 members (excludes halogenated alkanes) is 9. The van der Waals surface area contributed by atoms with E-state index < -0.39 is 18.8 Å². The Morgan fingerprint density at radius 3 is 1.38 bits per heavy atom. The van der Waals surface area contributed by atoms with Crippen LogP contribution in [0.2, 0.25) is 12.1 Å². The molecule has 0 saturated heterocycles. The van der Waals surface area contributed by atoms with Crippen molar-refractivity contribution in [3.05, 3.63) is 0 Å². The summed E-state index contributed by atoms with van der Waals surface area (Å²) in [5.74, 6) is 0. The summed E-state index contributed by atoms with van der Waals surface area (Å²) in [7, 11) is 0. The molecule has 0 radical (unpaired) electrons. The number of rotatable bonds is 13. The van der Waals surface area contributed by atoms with Crippen LogP contribution in [0.25, 0.3) is 0 Å². The summed E-state index contributed by atoms with van der Waals surface area (Å²) in [5.41, 5.74) is 0. The molecular weight excluding hydrogens is 426 g/mol. The van der Waals surface area contributed by atoms with Crippen LogP contribution in [0.3, 0.4) is 0 Å².